The summed E-state index contributed by atoms with van der Waals surface area (Å²) in [5, 5.41) is 0.154. The van der Waals surface area contributed by atoms with Gasteiger partial charge in [0.1, 0.15) is 0 Å². The molecule has 0 bridgehead atoms. The summed E-state index contributed by atoms with van der Waals surface area (Å²) >= 11 is 0. The highest BCUT2D eigenvalue weighted by molar-refractivity contribution is 7.74. The number of aromatic nitrogens is 1. The van der Waals surface area contributed by atoms with Gasteiger partial charge in [0.25, 0.3) is 0 Å². The van der Waals surface area contributed by atoms with Crippen molar-refractivity contribution in [1.82, 2.24) is 4.98 Å². The van der Waals surface area contributed by atoms with E-state index >= 15 is 0 Å². The van der Waals surface area contributed by atoms with Crippen LogP contribution in [0.25, 0.3) is 16.5 Å². The van der Waals surface area contributed by atoms with E-state index in [1.165, 1.54) is 0 Å². The molecule has 21 heavy (non-hydrogen) atoms. The molecule has 1 N–H and O–H groups in total. The molecule has 6 nitrogen and oxygen atoms in total. The number of rotatable bonds is 1. The molecule has 106 valence electrons. The lowest BCUT2D eigenvalue weighted by molar-refractivity contribution is 0.460. The minimum atomic E-state index is -2.39. The zero-order chi connectivity index (χ0) is 15.0. The lowest BCUT2D eigenvalue weighted by Crippen LogP contribution is -2.17. The molecule has 0 fully saturated rings. The van der Waals surface area contributed by atoms with Crippen molar-refractivity contribution in [1.29, 1.82) is 0 Å². The fourth-order valence-electron chi connectivity index (χ4n) is 2.31. The van der Waals surface area contributed by atoms with E-state index in [2.05, 4.69) is 9.40 Å². The molecule has 0 radical (unpaired) electrons. The summed E-state index contributed by atoms with van der Waals surface area (Å²) in [7, 11) is -2.39. The molecule has 0 atom stereocenters. The molecule has 1 aliphatic carbocycles. The van der Waals surface area contributed by atoms with Crippen molar-refractivity contribution in [3.8, 4) is 0 Å². The number of nitrogens with one attached hydrogen (secondary N) is 1. The zero-order valence-corrected chi connectivity index (χ0v) is 11.4. The van der Waals surface area contributed by atoms with Gasteiger partial charge in [-0.15, -0.1) is 0 Å². The smallest absolute Gasteiger partial charge is 0.372 e. The van der Waals surface area contributed by atoms with Crippen molar-refractivity contribution < 1.29 is 12.8 Å². The van der Waals surface area contributed by atoms with E-state index in [9.17, 15) is 18.0 Å². The quantitative estimate of drug-likeness (QED) is 0.789. The maximum atomic E-state index is 11.9. The van der Waals surface area contributed by atoms with E-state index in [-0.39, 0.29) is 16.7 Å². The van der Waals surface area contributed by atoms with Crippen LogP contribution in [0.5, 0.6) is 0 Å². The Morgan fingerprint density at radius 2 is 2.00 bits per heavy atom. The lowest BCUT2D eigenvalue weighted by atomic mass is 9.94. The molecule has 1 aromatic heterocycles. The summed E-state index contributed by atoms with van der Waals surface area (Å²) < 4.78 is 27.2. The average Bonchev–Trinajstić information content (AvgIpc) is 2.46. The Hall–Kier alpha value is -2.67. The summed E-state index contributed by atoms with van der Waals surface area (Å²) in [5.74, 6) is -0.848. The number of benzene rings is 1. The fraction of sp³-hybridized carbons (Fsp3) is 0.0714. The molecule has 0 unspecified atom stereocenters. The SMILES string of the molecule is O=c1[nH]c2cccc(C3=CC=CCC3=S(=O)=O)c2c(=O)o1. The minimum Gasteiger partial charge on any atom is -0.372 e. The summed E-state index contributed by atoms with van der Waals surface area (Å²) in [4.78, 5) is 25.8. The molecule has 0 spiro atoms. The van der Waals surface area contributed by atoms with Gasteiger partial charge in [-0.2, -0.15) is 8.42 Å². The molecular formula is C14H9NO5S. The van der Waals surface area contributed by atoms with Gasteiger partial charge < -0.3 is 4.42 Å². The van der Waals surface area contributed by atoms with E-state index in [0.29, 0.717) is 16.7 Å². The van der Waals surface area contributed by atoms with E-state index in [1.54, 1.807) is 36.4 Å². The number of allylic oxidation sites excluding steroid dienone is 4. The first kappa shape index (κ1) is 13.3. The van der Waals surface area contributed by atoms with Crippen LogP contribution in [-0.4, -0.2) is 18.3 Å². The molecule has 0 saturated heterocycles. The van der Waals surface area contributed by atoms with Crippen LogP contribution in [0.15, 0.2) is 50.4 Å². The second-order valence-electron chi connectivity index (χ2n) is 4.40. The van der Waals surface area contributed by atoms with E-state index in [1.807, 2.05) is 0 Å². The van der Waals surface area contributed by atoms with Gasteiger partial charge in [-0.1, -0.05) is 30.4 Å². The lowest BCUT2D eigenvalue weighted by Gasteiger charge is -2.11. The fourth-order valence-corrected chi connectivity index (χ4v) is 2.90. The molecule has 3 rings (SSSR count). The average molecular weight is 303 g/mol. The Balaban J connectivity index is 2.44. The molecular weight excluding hydrogens is 294 g/mol. The third-order valence-electron chi connectivity index (χ3n) is 3.18. The number of H-pyrrole nitrogens is 1. The summed E-state index contributed by atoms with van der Waals surface area (Å²) in [6.07, 6.45) is 5.31. The maximum absolute atomic E-state index is 11.9. The second-order valence-corrected chi connectivity index (χ2v) is 5.36. The predicted octanol–water partition coefficient (Wildman–Crippen LogP) is 0.876. The van der Waals surface area contributed by atoms with Crippen LogP contribution in [-0.2, 0) is 10.3 Å². The first-order valence-corrected chi connectivity index (χ1v) is 7.14. The predicted molar refractivity (Wildman–Crippen MR) is 78.8 cm³/mol. The van der Waals surface area contributed by atoms with Crippen molar-refractivity contribution in [3.63, 3.8) is 0 Å². The zero-order valence-electron chi connectivity index (χ0n) is 10.6. The monoisotopic (exact) mass is 303 g/mol. The largest absolute Gasteiger partial charge is 0.419 e. The molecule has 0 amide bonds. The van der Waals surface area contributed by atoms with Gasteiger partial charge in [0.15, 0.2) is 0 Å². The Morgan fingerprint density at radius 3 is 2.76 bits per heavy atom. The van der Waals surface area contributed by atoms with Gasteiger partial charge in [0, 0.05) is 12.0 Å². The molecule has 1 aliphatic rings. The van der Waals surface area contributed by atoms with Crippen molar-refractivity contribution in [3.05, 3.63) is 63.0 Å². The summed E-state index contributed by atoms with van der Waals surface area (Å²) in [5.41, 5.74) is 0.355. The molecule has 0 aliphatic heterocycles. The van der Waals surface area contributed by atoms with Gasteiger partial charge in [0.2, 0.25) is 10.3 Å². The highest BCUT2D eigenvalue weighted by atomic mass is 32.2. The first-order chi connectivity index (χ1) is 10.1. The van der Waals surface area contributed by atoms with Crippen LogP contribution >= 0.6 is 0 Å². The molecule has 2 aromatic rings. The van der Waals surface area contributed by atoms with Crippen molar-refractivity contribution in [2.45, 2.75) is 6.42 Å². The number of hydrogen-bond acceptors (Lipinski definition) is 5. The van der Waals surface area contributed by atoms with Crippen LogP contribution in [0.3, 0.4) is 0 Å². The third kappa shape index (κ3) is 2.27. The van der Waals surface area contributed by atoms with Crippen LogP contribution in [0.4, 0.5) is 0 Å². The van der Waals surface area contributed by atoms with E-state index in [4.69, 9.17) is 0 Å². The highest BCUT2D eigenvalue weighted by Crippen LogP contribution is 2.25. The molecule has 7 heteroatoms. The van der Waals surface area contributed by atoms with Crippen LogP contribution in [0.2, 0.25) is 0 Å². The Labute approximate surface area is 119 Å². The van der Waals surface area contributed by atoms with Crippen LogP contribution in [0.1, 0.15) is 12.0 Å². The minimum absolute atomic E-state index is 0.154. The Kier molecular flexibility index (Phi) is 3.19. The van der Waals surface area contributed by atoms with Gasteiger partial charge in [0.05, 0.1) is 15.8 Å². The van der Waals surface area contributed by atoms with Crippen molar-refractivity contribution in [2.24, 2.45) is 0 Å². The van der Waals surface area contributed by atoms with Gasteiger partial charge >= 0.3 is 11.4 Å². The maximum Gasteiger partial charge on any atom is 0.419 e. The first-order valence-electron chi connectivity index (χ1n) is 6.07. The highest BCUT2D eigenvalue weighted by Gasteiger charge is 2.17. The summed E-state index contributed by atoms with van der Waals surface area (Å²) in [6.45, 7) is 0. The standard InChI is InChI=1S/C14H9NO5S/c16-13-12-9(5-3-6-10(12)15-14(17)20-13)8-4-1-2-7-11(8)21(18)19/h1-6H,7H2,(H,15,17). The van der Waals surface area contributed by atoms with Gasteiger partial charge in [-0.25, -0.2) is 9.59 Å². The second kappa shape index (κ2) is 5.02. The normalized spacial score (nSPS) is 14.3. The number of hydrogen-bond donors (Lipinski definition) is 1. The van der Waals surface area contributed by atoms with Crippen molar-refractivity contribution >= 4 is 31.6 Å². The van der Waals surface area contributed by atoms with E-state index < -0.39 is 21.7 Å². The number of fused-ring (bicyclic) bond motifs is 1. The molecule has 0 saturated carbocycles. The van der Waals surface area contributed by atoms with Crippen molar-refractivity contribution in [2.75, 3.05) is 0 Å². The number of aromatic amines is 1. The summed E-state index contributed by atoms with van der Waals surface area (Å²) in [6, 6.07) is 4.82. The van der Waals surface area contributed by atoms with Crippen LogP contribution < -0.4 is 11.4 Å². The third-order valence-corrected chi connectivity index (χ3v) is 3.97. The van der Waals surface area contributed by atoms with E-state index in [0.717, 1.165) is 0 Å². The van der Waals surface area contributed by atoms with Crippen LogP contribution in [0, 0.1) is 0 Å². The topological polar surface area (TPSA) is 97.2 Å². The van der Waals surface area contributed by atoms with Gasteiger partial charge in [-0.05, 0) is 11.6 Å². The van der Waals surface area contributed by atoms with Gasteiger partial charge in [-0.3, -0.25) is 4.98 Å². The molecule has 1 heterocycles. The Bertz CT molecular complexity index is 1040. The molecule has 1 aromatic carbocycles. The Morgan fingerprint density at radius 1 is 1.19 bits per heavy atom.